The van der Waals surface area contributed by atoms with Gasteiger partial charge < -0.3 is 4.74 Å². The molecule has 0 bridgehead atoms. The molecule has 2 atom stereocenters. The molecule has 1 aliphatic heterocycles. The standard InChI is InChI=1S/C29H34ClFO/c1-2-3-19-4-6-20(7-5-19)21-8-10-22(11-9-21)25-16-17-26(29(31)28(25)30)23-12-14-24(15-13-23)27-18-32-27/h6,8-11,16-17,19,23-24,27H,2-5,7,12-15,18H2,1H3. The number of benzene rings is 2. The fraction of sp³-hybridized carbons (Fsp3) is 0.517. The maximum atomic E-state index is 15.3. The normalized spacial score (nSPS) is 27.8. The number of epoxide rings is 1. The molecule has 0 spiro atoms. The molecule has 1 nitrogen and oxygen atoms in total. The second-order valence-corrected chi connectivity index (χ2v) is 10.4. The van der Waals surface area contributed by atoms with Crippen molar-refractivity contribution in [1.82, 2.24) is 0 Å². The Kier molecular flexibility index (Phi) is 6.71. The summed E-state index contributed by atoms with van der Waals surface area (Å²) in [6.45, 7) is 3.19. The number of ether oxygens (including phenoxy) is 1. The summed E-state index contributed by atoms with van der Waals surface area (Å²) in [5.41, 5.74) is 5.30. The quantitative estimate of drug-likeness (QED) is 0.399. The Morgan fingerprint density at radius 2 is 1.69 bits per heavy atom. The number of hydrogen-bond acceptors (Lipinski definition) is 1. The van der Waals surface area contributed by atoms with Crippen LogP contribution in [0.2, 0.25) is 5.02 Å². The Morgan fingerprint density at radius 3 is 2.31 bits per heavy atom. The van der Waals surface area contributed by atoms with Crippen LogP contribution in [0.5, 0.6) is 0 Å². The highest BCUT2D eigenvalue weighted by atomic mass is 35.5. The Hall–Kier alpha value is -1.64. The minimum Gasteiger partial charge on any atom is -0.373 e. The van der Waals surface area contributed by atoms with Gasteiger partial charge in [0, 0.05) is 5.56 Å². The largest absolute Gasteiger partial charge is 0.373 e. The highest BCUT2D eigenvalue weighted by molar-refractivity contribution is 6.33. The molecule has 2 aliphatic carbocycles. The molecule has 5 rings (SSSR count). The second kappa shape index (κ2) is 9.69. The average molecular weight is 453 g/mol. The van der Waals surface area contributed by atoms with Crippen LogP contribution in [0, 0.1) is 17.7 Å². The molecule has 32 heavy (non-hydrogen) atoms. The van der Waals surface area contributed by atoms with Gasteiger partial charge >= 0.3 is 0 Å². The van der Waals surface area contributed by atoms with Gasteiger partial charge in [0.2, 0.25) is 0 Å². The first-order valence-corrected chi connectivity index (χ1v) is 12.9. The van der Waals surface area contributed by atoms with Gasteiger partial charge in [-0.3, -0.25) is 0 Å². The monoisotopic (exact) mass is 452 g/mol. The first-order chi connectivity index (χ1) is 15.6. The number of hydrogen-bond donors (Lipinski definition) is 0. The molecule has 0 amide bonds. The third kappa shape index (κ3) is 4.68. The van der Waals surface area contributed by atoms with Crippen molar-refractivity contribution in [2.75, 3.05) is 6.61 Å². The zero-order valence-corrected chi connectivity index (χ0v) is 19.8. The van der Waals surface area contributed by atoms with E-state index in [1.807, 2.05) is 12.1 Å². The molecule has 1 heterocycles. The van der Waals surface area contributed by atoms with Crippen LogP contribution in [-0.2, 0) is 4.74 Å². The van der Waals surface area contributed by atoms with Crippen molar-refractivity contribution >= 4 is 17.2 Å². The third-order valence-corrected chi connectivity index (χ3v) is 8.36. The lowest BCUT2D eigenvalue weighted by atomic mass is 9.77. The van der Waals surface area contributed by atoms with Crippen LogP contribution in [0.25, 0.3) is 16.7 Å². The number of rotatable bonds is 6. The highest BCUT2D eigenvalue weighted by Gasteiger charge is 2.36. The van der Waals surface area contributed by atoms with Crippen LogP contribution in [0.15, 0.2) is 42.5 Å². The van der Waals surface area contributed by atoms with Crippen LogP contribution in [0.4, 0.5) is 4.39 Å². The molecule has 170 valence electrons. The minimum atomic E-state index is -0.226. The Bertz CT molecular complexity index is 967. The number of allylic oxidation sites excluding steroid dienone is 2. The average Bonchev–Trinajstić information content (AvgIpc) is 3.68. The van der Waals surface area contributed by atoms with E-state index >= 15 is 4.39 Å². The predicted octanol–water partition coefficient (Wildman–Crippen LogP) is 8.80. The van der Waals surface area contributed by atoms with Crippen LogP contribution < -0.4 is 0 Å². The van der Waals surface area contributed by atoms with Crippen LogP contribution in [0.3, 0.4) is 0 Å². The van der Waals surface area contributed by atoms with Crippen LogP contribution >= 0.6 is 11.6 Å². The van der Waals surface area contributed by atoms with E-state index in [0.717, 1.165) is 61.3 Å². The Balaban J connectivity index is 1.29. The molecule has 1 saturated carbocycles. The molecule has 0 aromatic heterocycles. The SMILES string of the molecule is CCCC1CC=C(c2ccc(-c3ccc(C4CCC(C5CO5)CC4)c(F)c3Cl)cc2)CC1. The van der Waals surface area contributed by atoms with Gasteiger partial charge in [-0.2, -0.15) is 0 Å². The zero-order valence-electron chi connectivity index (χ0n) is 19.1. The Morgan fingerprint density at radius 1 is 0.969 bits per heavy atom. The van der Waals surface area contributed by atoms with Crippen molar-refractivity contribution < 1.29 is 9.13 Å². The maximum Gasteiger partial charge on any atom is 0.145 e. The van der Waals surface area contributed by atoms with Crippen molar-refractivity contribution in [3.05, 3.63) is 64.4 Å². The van der Waals surface area contributed by atoms with Crippen molar-refractivity contribution in [3.8, 4) is 11.1 Å². The Labute approximate surface area is 197 Å². The van der Waals surface area contributed by atoms with Gasteiger partial charge in [-0.05, 0) is 85.0 Å². The summed E-state index contributed by atoms with van der Waals surface area (Å²) in [4.78, 5) is 0. The van der Waals surface area contributed by atoms with E-state index in [2.05, 4.69) is 37.3 Å². The molecule has 0 radical (unpaired) electrons. The van der Waals surface area contributed by atoms with Gasteiger partial charge in [0.05, 0.1) is 17.7 Å². The minimum absolute atomic E-state index is 0.226. The van der Waals surface area contributed by atoms with E-state index < -0.39 is 0 Å². The molecule has 1 saturated heterocycles. The summed E-state index contributed by atoms with van der Waals surface area (Å²) >= 11 is 6.57. The van der Waals surface area contributed by atoms with Gasteiger partial charge in [0.15, 0.2) is 0 Å². The van der Waals surface area contributed by atoms with Crippen molar-refractivity contribution in [3.63, 3.8) is 0 Å². The fourth-order valence-electron chi connectivity index (χ4n) is 5.92. The molecule has 0 N–H and O–H groups in total. The lowest BCUT2D eigenvalue weighted by Crippen LogP contribution is -2.18. The van der Waals surface area contributed by atoms with E-state index in [1.54, 1.807) is 0 Å². The van der Waals surface area contributed by atoms with Gasteiger partial charge in [-0.25, -0.2) is 4.39 Å². The molecular weight excluding hydrogens is 419 g/mol. The molecule has 3 aliphatic rings. The third-order valence-electron chi connectivity index (χ3n) is 7.99. The molecule has 2 fully saturated rings. The molecular formula is C29H34ClFO. The van der Waals surface area contributed by atoms with Crippen molar-refractivity contribution in [2.24, 2.45) is 11.8 Å². The first kappa shape index (κ1) is 22.2. The van der Waals surface area contributed by atoms with E-state index in [1.165, 1.54) is 36.8 Å². The van der Waals surface area contributed by atoms with E-state index in [4.69, 9.17) is 16.3 Å². The van der Waals surface area contributed by atoms with Crippen LogP contribution in [0.1, 0.15) is 81.8 Å². The number of halogens is 2. The topological polar surface area (TPSA) is 12.5 Å². The summed E-state index contributed by atoms with van der Waals surface area (Å²) in [5.74, 6) is 1.56. The van der Waals surface area contributed by atoms with Gasteiger partial charge in [-0.15, -0.1) is 0 Å². The summed E-state index contributed by atoms with van der Waals surface area (Å²) in [6, 6.07) is 12.5. The molecule has 2 aromatic rings. The lowest BCUT2D eigenvalue weighted by Gasteiger charge is -2.28. The highest BCUT2D eigenvalue weighted by Crippen LogP contribution is 2.43. The molecule has 2 unspecified atom stereocenters. The van der Waals surface area contributed by atoms with Crippen molar-refractivity contribution in [2.45, 2.75) is 76.7 Å². The fourth-order valence-corrected chi connectivity index (χ4v) is 6.20. The summed E-state index contributed by atoms with van der Waals surface area (Å²) in [6.07, 6.45) is 13.4. The van der Waals surface area contributed by atoms with Gasteiger partial charge in [0.1, 0.15) is 5.82 Å². The van der Waals surface area contributed by atoms with Crippen molar-refractivity contribution in [1.29, 1.82) is 0 Å². The summed E-state index contributed by atoms with van der Waals surface area (Å²) in [5, 5.41) is 0.266. The summed E-state index contributed by atoms with van der Waals surface area (Å²) in [7, 11) is 0. The second-order valence-electron chi connectivity index (χ2n) is 10.0. The van der Waals surface area contributed by atoms with E-state index in [9.17, 15) is 0 Å². The van der Waals surface area contributed by atoms with E-state index in [-0.39, 0.29) is 16.8 Å². The lowest BCUT2D eigenvalue weighted by molar-refractivity contribution is 0.250. The van der Waals surface area contributed by atoms with E-state index in [0.29, 0.717) is 12.0 Å². The maximum absolute atomic E-state index is 15.3. The molecule has 2 aromatic carbocycles. The zero-order chi connectivity index (χ0) is 22.1. The van der Waals surface area contributed by atoms with Gasteiger partial charge in [-0.1, -0.05) is 73.8 Å². The first-order valence-electron chi connectivity index (χ1n) is 12.5. The smallest absolute Gasteiger partial charge is 0.145 e. The van der Waals surface area contributed by atoms with Gasteiger partial charge in [0.25, 0.3) is 0 Å². The van der Waals surface area contributed by atoms with Crippen LogP contribution in [-0.4, -0.2) is 12.7 Å². The molecule has 3 heteroatoms. The predicted molar refractivity (Wildman–Crippen MR) is 132 cm³/mol. The summed E-state index contributed by atoms with van der Waals surface area (Å²) < 4.78 is 20.8.